The van der Waals surface area contributed by atoms with Gasteiger partial charge in [0.15, 0.2) is 22.6 Å². The van der Waals surface area contributed by atoms with Crippen LogP contribution in [-0.2, 0) is 4.74 Å². The maximum absolute atomic E-state index is 12.4. The molecule has 0 aliphatic carbocycles. The van der Waals surface area contributed by atoms with E-state index in [2.05, 4.69) is 25.1 Å². The number of carbonyl (C=O) groups is 1. The number of nitro benzene ring substituents is 1. The van der Waals surface area contributed by atoms with Crippen molar-refractivity contribution in [2.45, 2.75) is 13.0 Å². The molecule has 0 saturated carbocycles. The zero-order chi connectivity index (χ0) is 21.1. The van der Waals surface area contributed by atoms with Gasteiger partial charge in [0.1, 0.15) is 0 Å². The maximum atomic E-state index is 12.4. The molecule has 30 heavy (non-hydrogen) atoms. The number of hydrogen-bond donors (Lipinski definition) is 0. The van der Waals surface area contributed by atoms with Gasteiger partial charge < -0.3 is 9.15 Å². The first kappa shape index (κ1) is 19.3. The summed E-state index contributed by atoms with van der Waals surface area (Å²) in [4.78, 5) is 35.0. The molecular weight excluding hydrogens is 412 g/mol. The van der Waals surface area contributed by atoms with Crippen LogP contribution in [0.5, 0.6) is 0 Å². The average molecular weight is 424 g/mol. The SMILES string of the molecule is CC(OC(=O)c1csc(-c2ncccn2)n1)c1nnc(-c2ccc([N+](=O)[O-])cc2)o1. The van der Waals surface area contributed by atoms with Gasteiger partial charge in [-0.15, -0.1) is 21.5 Å². The Morgan fingerprint density at radius 3 is 2.63 bits per heavy atom. The molecule has 4 aromatic rings. The number of esters is 1. The Balaban J connectivity index is 1.44. The molecule has 3 aromatic heterocycles. The first-order valence-electron chi connectivity index (χ1n) is 8.53. The second-order valence-corrected chi connectivity index (χ2v) is 6.77. The van der Waals surface area contributed by atoms with E-state index in [0.29, 0.717) is 16.4 Å². The number of nitro groups is 1. The third-order valence-corrected chi connectivity index (χ3v) is 4.71. The Morgan fingerprint density at radius 1 is 1.20 bits per heavy atom. The third-order valence-electron chi connectivity index (χ3n) is 3.87. The monoisotopic (exact) mass is 424 g/mol. The van der Waals surface area contributed by atoms with Crippen LogP contribution in [0.1, 0.15) is 29.4 Å². The fraction of sp³-hybridized carbons (Fsp3) is 0.111. The van der Waals surface area contributed by atoms with E-state index >= 15 is 0 Å². The lowest BCUT2D eigenvalue weighted by Gasteiger charge is -2.07. The van der Waals surface area contributed by atoms with Crippen molar-refractivity contribution in [1.82, 2.24) is 25.1 Å². The molecule has 11 nitrogen and oxygen atoms in total. The van der Waals surface area contributed by atoms with Crippen molar-refractivity contribution >= 4 is 23.0 Å². The van der Waals surface area contributed by atoms with Crippen LogP contribution in [0, 0.1) is 10.1 Å². The Labute approximate surface area is 172 Å². The van der Waals surface area contributed by atoms with Gasteiger partial charge in [-0.25, -0.2) is 19.7 Å². The third kappa shape index (κ3) is 4.03. The lowest BCUT2D eigenvalue weighted by Crippen LogP contribution is -2.10. The fourth-order valence-corrected chi connectivity index (χ4v) is 3.13. The normalized spacial score (nSPS) is 11.8. The number of aromatic nitrogens is 5. The smallest absolute Gasteiger partial charge is 0.358 e. The van der Waals surface area contributed by atoms with E-state index in [1.165, 1.54) is 35.6 Å². The highest BCUT2D eigenvalue weighted by molar-refractivity contribution is 7.13. The van der Waals surface area contributed by atoms with Crippen molar-refractivity contribution in [3.63, 3.8) is 0 Å². The van der Waals surface area contributed by atoms with Gasteiger partial charge in [-0.05, 0) is 25.1 Å². The predicted molar refractivity (Wildman–Crippen MR) is 103 cm³/mol. The molecule has 0 radical (unpaired) electrons. The lowest BCUT2D eigenvalue weighted by atomic mass is 10.2. The Hall–Kier alpha value is -4.06. The van der Waals surface area contributed by atoms with E-state index in [-0.39, 0.29) is 23.2 Å². The summed E-state index contributed by atoms with van der Waals surface area (Å²) < 4.78 is 10.9. The van der Waals surface area contributed by atoms with Gasteiger partial charge in [0.05, 0.1) is 4.92 Å². The highest BCUT2D eigenvalue weighted by Gasteiger charge is 2.22. The Kier molecular flexibility index (Phi) is 5.22. The summed E-state index contributed by atoms with van der Waals surface area (Å²) in [6.07, 6.45) is 2.35. The summed E-state index contributed by atoms with van der Waals surface area (Å²) >= 11 is 1.22. The van der Waals surface area contributed by atoms with Crippen LogP contribution in [0.2, 0.25) is 0 Å². The molecule has 3 heterocycles. The summed E-state index contributed by atoms with van der Waals surface area (Å²) in [5.41, 5.74) is 0.568. The minimum atomic E-state index is -0.824. The summed E-state index contributed by atoms with van der Waals surface area (Å²) in [6, 6.07) is 7.34. The number of ether oxygens (including phenoxy) is 1. The number of hydrogen-bond acceptors (Lipinski definition) is 11. The standard InChI is InChI=1S/C18H12N6O5S/c1-10(15-22-23-16(29-15)11-3-5-12(6-4-11)24(26)27)28-18(25)13-9-30-17(21-13)14-19-7-2-8-20-14/h2-10H,1H3. The van der Waals surface area contributed by atoms with Gasteiger partial charge in [0.2, 0.25) is 5.89 Å². The van der Waals surface area contributed by atoms with Crippen LogP contribution in [-0.4, -0.2) is 36.0 Å². The highest BCUT2D eigenvalue weighted by atomic mass is 32.1. The molecule has 4 rings (SSSR count). The number of non-ortho nitro benzene ring substituents is 1. The Morgan fingerprint density at radius 2 is 1.93 bits per heavy atom. The van der Waals surface area contributed by atoms with Crippen LogP contribution in [0.3, 0.4) is 0 Å². The van der Waals surface area contributed by atoms with E-state index in [1.807, 2.05) is 0 Å². The summed E-state index contributed by atoms with van der Waals surface area (Å²) in [6.45, 7) is 1.58. The number of thiazole rings is 1. The fourth-order valence-electron chi connectivity index (χ4n) is 2.39. The van der Waals surface area contributed by atoms with Crippen molar-refractivity contribution in [3.8, 4) is 22.3 Å². The van der Waals surface area contributed by atoms with Gasteiger partial charge in [0.25, 0.3) is 11.6 Å². The van der Waals surface area contributed by atoms with E-state index in [4.69, 9.17) is 9.15 Å². The predicted octanol–water partition coefficient (Wildman–Crippen LogP) is 3.48. The van der Waals surface area contributed by atoms with Crippen molar-refractivity contribution in [3.05, 3.63) is 69.8 Å². The number of benzene rings is 1. The highest BCUT2D eigenvalue weighted by Crippen LogP contribution is 2.26. The van der Waals surface area contributed by atoms with E-state index in [9.17, 15) is 14.9 Å². The van der Waals surface area contributed by atoms with E-state index in [0.717, 1.165) is 0 Å². The molecule has 1 aromatic carbocycles. The summed E-state index contributed by atoms with van der Waals surface area (Å²) in [7, 11) is 0. The van der Waals surface area contributed by atoms with Crippen LogP contribution in [0.4, 0.5) is 5.69 Å². The molecule has 0 saturated heterocycles. The minimum Gasteiger partial charge on any atom is -0.448 e. The first-order chi connectivity index (χ1) is 14.5. The van der Waals surface area contributed by atoms with E-state index in [1.54, 1.807) is 30.8 Å². The van der Waals surface area contributed by atoms with Crippen LogP contribution < -0.4 is 0 Å². The van der Waals surface area contributed by atoms with E-state index < -0.39 is 17.0 Å². The van der Waals surface area contributed by atoms with Crippen molar-refractivity contribution in [2.24, 2.45) is 0 Å². The summed E-state index contributed by atoms with van der Waals surface area (Å²) in [5.74, 6) is -0.00577. The molecule has 0 N–H and O–H groups in total. The Bertz CT molecular complexity index is 1190. The molecule has 0 amide bonds. The van der Waals surface area contributed by atoms with Crippen molar-refractivity contribution < 1.29 is 18.9 Å². The second kappa shape index (κ2) is 8.13. The summed E-state index contributed by atoms with van der Waals surface area (Å²) in [5, 5.41) is 20.6. The molecule has 1 atom stereocenters. The molecule has 0 bridgehead atoms. The molecule has 0 aliphatic rings. The molecular formula is C18H12N6O5S. The van der Waals surface area contributed by atoms with Gasteiger partial charge >= 0.3 is 5.97 Å². The number of nitrogens with zero attached hydrogens (tertiary/aromatic N) is 6. The quantitative estimate of drug-likeness (QED) is 0.256. The molecule has 12 heteroatoms. The molecule has 0 spiro atoms. The van der Waals surface area contributed by atoms with Gasteiger partial charge in [-0.2, -0.15) is 0 Å². The zero-order valence-corrected chi connectivity index (χ0v) is 16.1. The van der Waals surface area contributed by atoms with Gasteiger partial charge in [-0.1, -0.05) is 0 Å². The number of rotatable bonds is 6. The first-order valence-corrected chi connectivity index (χ1v) is 9.41. The van der Waals surface area contributed by atoms with Gasteiger partial charge in [-0.3, -0.25) is 10.1 Å². The maximum Gasteiger partial charge on any atom is 0.358 e. The largest absolute Gasteiger partial charge is 0.448 e. The zero-order valence-electron chi connectivity index (χ0n) is 15.3. The lowest BCUT2D eigenvalue weighted by molar-refractivity contribution is -0.384. The number of carbonyl (C=O) groups excluding carboxylic acids is 1. The molecule has 1 unspecified atom stereocenters. The van der Waals surface area contributed by atoms with Crippen molar-refractivity contribution in [1.29, 1.82) is 0 Å². The minimum absolute atomic E-state index is 0.0516. The van der Waals surface area contributed by atoms with Gasteiger partial charge in [0, 0.05) is 35.5 Å². The average Bonchev–Trinajstić information content (AvgIpc) is 3.45. The topological polar surface area (TPSA) is 147 Å². The molecule has 0 fully saturated rings. The van der Waals surface area contributed by atoms with Crippen LogP contribution in [0.15, 0.2) is 52.5 Å². The van der Waals surface area contributed by atoms with Crippen LogP contribution in [0.25, 0.3) is 22.3 Å². The van der Waals surface area contributed by atoms with Crippen molar-refractivity contribution in [2.75, 3.05) is 0 Å². The second-order valence-electron chi connectivity index (χ2n) is 5.91. The van der Waals surface area contributed by atoms with Crippen LogP contribution >= 0.6 is 11.3 Å². The molecule has 0 aliphatic heterocycles. The molecule has 150 valence electrons.